The lowest BCUT2D eigenvalue weighted by molar-refractivity contribution is 0.0946. The number of rotatable bonds is 6. The number of pyridine rings is 1. The summed E-state index contributed by atoms with van der Waals surface area (Å²) in [5.74, 6) is -1.23. The Bertz CT molecular complexity index is 1240. The molecule has 0 saturated carbocycles. The molecule has 0 aliphatic rings. The molecule has 7 nitrogen and oxygen atoms in total. The van der Waals surface area contributed by atoms with E-state index in [9.17, 15) is 14.7 Å². The maximum atomic E-state index is 12.5. The van der Waals surface area contributed by atoms with E-state index in [2.05, 4.69) is 32.4 Å². The van der Waals surface area contributed by atoms with Crippen molar-refractivity contribution in [1.29, 1.82) is 0 Å². The van der Waals surface area contributed by atoms with Crippen LogP contribution in [0.4, 0.5) is 0 Å². The number of aromatic nitrogens is 3. The first-order valence-electron chi connectivity index (χ1n) is 9.79. The molecule has 2 aromatic heterocycles. The smallest absolute Gasteiger partial charge is 0.294 e. The van der Waals surface area contributed by atoms with E-state index in [1.54, 1.807) is 24.4 Å². The van der Waals surface area contributed by atoms with Crippen molar-refractivity contribution in [2.24, 2.45) is 0 Å². The Kier molecular flexibility index (Phi) is 5.84. The number of aromatic hydroxyl groups is 1. The molecule has 0 aliphatic carbocycles. The van der Waals surface area contributed by atoms with Crippen molar-refractivity contribution in [1.82, 2.24) is 20.3 Å². The molecule has 4 rings (SSSR count). The summed E-state index contributed by atoms with van der Waals surface area (Å²) in [6, 6.07) is 23.3. The molecule has 0 fully saturated rings. The van der Waals surface area contributed by atoms with E-state index in [0.717, 1.165) is 16.7 Å². The second kappa shape index (κ2) is 9.04. The molecular formula is C24H20N4O3. The topological polar surface area (TPSA) is 108 Å². The molecule has 3 N–H and O–H groups in total. The first kappa shape index (κ1) is 20.0. The third-order valence-electron chi connectivity index (χ3n) is 4.78. The second-order valence-electron chi connectivity index (χ2n) is 6.90. The van der Waals surface area contributed by atoms with Gasteiger partial charge in [-0.05, 0) is 35.2 Å². The second-order valence-corrected chi connectivity index (χ2v) is 6.90. The number of nitrogens with zero attached hydrogens (tertiary/aromatic N) is 2. The van der Waals surface area contributed by atoms with Crippen molar-refractivity contribution >= 4 is 5.91 Å². The van der Waals surface area contributed by atoms with Gasteiger partial charge < -0.3 is 15.4 Å². The average Bonchev–Trinajstić information content (AvgIpc) is 2.82. The van der Waals surface area contributed by atoms with E-state index in [-0.39, 0.29) is 11.5 Å². The molecule has 2 aromatic carbocycles. The van der Waals surface area contributed by atoms with Gasteiger partial charge in [0, 0.05) is 12.7 Å². The monoisotopic (exact) mass is 412 g/mol. The fourth-order valence-electron chi connectivity index (χ4n) is 3.15. The van der Waals surface area contributed by atoms with Crippen LogP contribution in [0.5, 0.6) is 5.75 Å². The van der Waals surface area contributed by atoms with Crippen LogP contribution in [0.15, 0.2) is 83.8 Å². The zero-order valence-electron chi connectivity index (χ0n) is 16.6. The summed E-state index contributed by atoms with van der Waals surface area (Å²) in [4.78, 5) is 35.2. The van der Waals surface area contributed by atoms with Gasteiger partial charge in [-0.2, -0.15) is 0 Å². The number of H-pyrrole nitrogens is 1. The van der Waals surface area contributed by atoms with E-state index in [1.165, 1.54) is 0 Å². The third kappa shape index (κ3) is 4.67. The van der Waals surface area contributed by atoms with Gasteiger partial charge in [0.25, 0.3) is 11.5 Å². The van der Waals surface area contributed by atoms with Gasteiger partial charge in [0.05, 0.1) is 0 Å². The van der Waals surface area contributed by atoms with Gasteiger partial charge in [0.1, 0.15) is 5.69 Å². The quantitative estimate of drug-likeness (QED) is 0.451. The molecule has 7 heteroatoms. The number of amides is 1. The predicted molar refractivity (Wildman–Crippen MR) is 118 cm³/mol. The zero-order valence-corrected chi connectivity index (χ0v) is 16.6. The molecule has 4 aromatic rings. The van der Waals surface area contributed by atoms with Gasteiger partial charge in [-0.3, -0.25) is 14.6 Å². The van der Waals surface area contributed by atoms with Crippen LogP contribution in [0.2, 0.25) is 0 Å². The summed E-state index contributed by atoms with van der Waals surface area (Å²) in [5, 5.41) is 12.7. The van der Waals surface area contributed by atoms with Crippen LogP contribution >= 0.6 is 0 Å². The highest BCUT2D eigenvalue weighted by molar-refractivity contribution is 5.95. The van der Waals surface area contributed by atoms with Crippen LogP contribution < -0.4 is 10.9 Å². The SMILES string of the molecule is O=C(NCCc1ccc(-c2ccccc2)cc1)c1nc(-c2ccccn2)[nH]c(=O)c1O. The summed E-state index contributed by atoms with van der Waals surface area (Å²) in [6.07, 6.45) is 2.14. The Morgan fingerprint density at radius 2 is 1.65 bits per heavy atom. The van der Waals surface area contributed by atoms with E-state index in [4.69, 9.17) is 0 Å². The van der Waals surface area contributed by atoms with Crippen molar-refractivity contribution in [2.75, 3.05) is 6.54 Å². The maximum absolute atomic E-state index is 12.5. The predicted octanol–water partition coefficient (Wildman–Crippen LogP) is 3.18. The highest BCUT2D eigenvalue weighted by Gasteiger charge is 2.18. The number of carbonyl (C=O) groups is 1. The number of carbonyl (C=O) groups excluding carboxylic acids is 1. The highest BCUT2D eigenvalue weighted by Crippen LogP contribution is 2.19. The minimum atomic E-state index is -0.794. The van der Waals surface area contributed by atoms with E-state index < -0.39 is 17.2 Å². The van der Waals surface area contributed by atoms with Crippen molar-refractivity contribution in [2.45, 2.75) is 6.42 Å². The lowest BCUT2D eigenvalue weighted by Crippen LogP contribution is -2.28. The molecule has 0 unspecified atom stereocenters. The van der Waals surface area contributed by atoms with Crippen molar-refractivity contribution < 1.29 is 9.90 Å². The maximum Gasteiger partial charge on any atom is 0.294 e. The summed E-state index contributed by atoms with van der Waals surface area (Å²) in [5.41, 5.74) is 2.58. The number of hydrogen-bond donors (Lipinski definition) is 3. The summed E-state index contributed by atoms with van der Waals surface area (Å²) in [7, 11) is 0. The van der Waals surface area contributed by atoms with Crippen molar-refractivity contribution in [3.05, 3.63) is 101 Å². The minimum Gasteiger partial charge on any atom is -0.501 e. The Labute approximate surface area is 178 Å². The number of aromatic amines is 1. The Balaban J connectivity index is 1.42. The standard InChI is InChI=1S/C24H20N4O3/c29-21-20(27-22(28-24(21)31)19-8-4-5-14-25-19)23(30)26-15-13-16-9-11-18(12-10-16)17-6-2-1-3-7-17/h1-12,14,29H,13,15H2,(H,26,30)(H,27,28,31). The Morgan fingerprint density at radius 3 is 2.35 bits per heavy atom. The average molecular weight is 412 g/mol. The Hall–Kier alpha value is -4.26. The van der Waals surface area contributed by atoms with Crippen LogP contribution in [0.1, 0.15) is 16.1 Å². The van der Waals surface area contributed by atoms with Gasteiger partial charge in [-0.15, -0.1) is 0 Å². The molecule has 2 heterocycles. The summed E-state index contributed by atoms with van der Waals surface area (Å²) >= 11 is 0. The van der Waals surface area contributed by atoms with Gasteiger partial charge in [-0.25, -0.2) is 4.98 Å². The van der Waals surface area contributed by atoms with E-state index in [0.29, 0.717) is 18.7 Å². The first-order chi connectivity index (χ1) is 15.1. The summed E-state index contributed by atoms with van der Waals surface area (Å²) < 4.78 is 0. The number of hydrogen-bond acceptors (Lipinski definition) is 5. The van der Waals surface area contributed by atoms with E-state index in [1.807, 2.05) is 42.5 Å². The van der Waals surface area contributed by atoms with Crippen molar-refractivity contribution in [3.63, 3.8) is 0 Å². The zero-order chi connectivity index (χ0) is 21.6. The molecule has 0 bridgehead atoms. The highest BCUT2D eigenvalue weighted by atomic mass is 16.3. The largest absolute Gasteiger partial charge is 0.501 e. The van der Waals surface area contributed by atoms with E-state index >= 15 is 0 Å². The first-order valence-corrected chi connectivity index (χ1v) is 9.79. The molecule has 0 radical (unpaired) electrons. The molecule has 0 aliphatic heterocycles. The number of benzene rings is 2. The van der Waals surface area contributed by atoms with Crippen LogP contribution in [-0.4, -0.2) is 32.5 Å². The lowest BCUT2D eigenvalue weighted by Gasteiger charge is -2.08. The fraction of sp³-hybridized carbons (Fsp3) is 0.0833. The van der Waals surface area contributed by atoms with Crippen LogP contribution in [-0.2, 0) is 6.42 Å². The molecular weight excluding hydrogens is 392 g/mol. The molecule has 0 saturated heterocycles. The fourth-order valence-corrected chi connectivity index (χ4v) is 3.15. The Morgan fingerprint density at radius 1 is 0.935 bits per heavy atom. The molecule has 0 spiro atoms. The summed E-state index contributed by atoms with van der Waals surface area (Å²) in [6.45, 7) is 0.330. The molecule has 154 valence electrons. The lowest BCUT2D eigenvalue weighted by atomic mass is 10.0. The van der Waals surface area contributed by atoms with Gasteiger partial charge in [0.15, 0.2) is 11.5 Å². The van der Waals surface area contributed by atoms with Gasteiger partial charge in [0.2, 0.25) is 5.75 Å². The van der Waals surface area contributed by atoms with Crippen LogP contribution in [0.25, 0.3) is 22.6 Å². The molecule has 1 amide bonds. The number of nitrogens with one attached hydrogen (secondary N) is 2. The van der Waals surface area contributed by atoms with Gasteiger partial charge >= 0.3 is 0 Å². The van der Waals surface area contributed by atoms with Crippen LogP contribution in [0.3, 0.4) is 0 Å². The van der Waals surface area contributed by atoms with Gasteiger partial charge in [-0.1, -0.05) is 60.7 Å². The van der Waals surface area contributed by atoms with Crippen LogP contribution in [0, 0.1) is 0 Å². The third-order valence-corrected chi connectivity index (χ3v) is 4.78. The minimum absolute atomic E-state index is 0.116. The normalized spacial score (nSPS) is 10.6. The van der Waals surface area contributed by atoms with Crippen molar-refractivity contribution in [3.8, 4) is 28.4 Å². The molecule has 31 heavy (non-hydrogen) atoms. The molecule has 0 atom stereocenters.